The summed E-state index contributed by atoms with van der Waals surface area (Å²) in [5, 5.41) is 99.3. The number of hydrogen-bond acceptors (Lipinski definition) is 25. The van der Waals surface area contributed by atoms with Gasteiger partial charge in [-0.1, -0.05) is 51.5 Å². The molecule has 1 spiro atoms. The Labute approximate surface area is 477 Å². The highest BCUT2D eigenvalue weighted by Gasteiger charge is 2.79. The molecule has 27 heteroatoms. The molecule has 10 N–H and O–H groups in total. The third-order valence-electron chi connectivity index (χ3n) is 20.0. The highest BCUT2D eigenvalue weighted by atomic mass is 32.3. The maximum atomic E-state index is 14.7. The van der Waals surface area contributed by atoms with Crippen molar-refractivity contribution in [2.45, 2.75) is 241 Å². The molecule has 3 saturated carbocycles. The number of carbonyl (C=O) groups excluding carboxylic acids is 2. The minimum Gasteiger partial charge on any atom is -0.462 e. The molecule has 0 bridgehead atoms. The summed E-state index contributed by atoms with van der Waals surface area (Å²) in [6.07, 6.45) is -21.6. The lowest BCUT2D eigenvalue weighted by Gasteiger charge is -2.63. The Bertz CT molecular complexity index is 2490. The molecule has 26 nitrogen and oxygen atoms in total. The second-order valence-electron chi connectivity index (χ2n) is 26.0. The van der Waals surface area contributed by atoms with Crippen LogP contribution in [0.5, 0.6) is 0 Å². The van der Waals surface area contributed by atoms with Gasteiger partial charge in [-0.25, -0.2) is 4.18 Å². The Balaban J connectivity index is 0.920. The van der Waals surface area contributed by atoms with E-state index >= 15 is 0 Å². The predicted octanol–water partition coefficient (Wildman–Crippen LogP) is -0.409. The molecule has 8 fully saturated rings. The Morgan fingerprint density at radius 2 is 1.44 bits per heavy atom. The molecular formula is C55H86O26S. The molecule has 0 aromatic carbocycles. The molecule has 0 amide bonds. The lowest BCUT2D eigenvalue weighted by atomic mass is 9.41. The number of aliphatic hydroxyl groups is 9. The van der Waals surface area contributed by atoms with Crippen molar-refractivity contribution >= 4 is 22.3 Å². The summed E-state index contributed by atoms with van der Waals surface area (Å²) in [6, 6.07) is 0. The number of ether oxygens (including phenoxy) is 11. The van der Waals surface area contributed by atoms with Crippen molar-refractivity contribution in [1.82, 2.24) is 0 Å². The Hall–Kier alpha value is -2.43. The number of fused-ring (bicyclic) bond motifs is 4. The molecule has 4 aliphatic carbocycles. The van der Waals surface area contributed by atoms with E-state index in [1.165, 1.54) is 21.0 Å². The van der Waals surface area contributed by atoms with Crippen LogP contribution in [0.1, 0.15) is 107 Å². The highest BCUT2D eigenvalue weighted by Crippen LogP contribution is 2.76. The third-order valence-corrected chi connectivity index (χ3v) is 20.5. The van der Waals surface area contributed by atoms with E-state index in [1.807, 2.05) is 13.0 Å². The molecule has 468 valence electrons. The number of carbonyl (C=O) groups is 2. The van der Waals surface area contributed by atoms with Crippen molar-refractivity contribution in [3.8, 4) is 0 Å². The van der Waals surface area contributed by atoms with Crippen molar-refractivity contribution in [2.24, 2.45) is 39.4 Å². The van der Waals surface area contributed by atoms with Crippen molar-refractivity contribution in [2.75, 3.05) is 26.9 Å². The average Bonchev–Trinajstić information content (AvgIpc) is 1.47. The zero-order valence-corrected chi connectivity index (χ0v) is 48.8. The summed E-state index contributed by atoms with van der Waals surface area (Å²) in [5.41, 5.74) is -3.73. The molecule has 9 rings (SSSR count). The first-order valence-corrected chi connectivity index (χ1v) is 29.8. The molecule has 5 heterocycles. The van der Waals surface area contributed by atoms with Gasteiger partial charge >= 0.3 is 22.3 Å². The molecule has 0 radical (unpaired) electrons. The van der Waals surface area contributed by atoms with E-state index in [0.717, 1.165) is 5.57 Å². The van der Waals surface area contributed by atoms with Crippen LogP contribution in [0.3, 0.4) is 0 Å². The number of aliphatic hydroxyl groups excluding tert-OH is 8. The molecule has 9 aliphatic rings. The van der Waals surface area contributed by atoms with Crippen LogP contribution < -0.4 is 0 Å². The van der Waals surface area contributed by atoms with Gasteiger partial charge in [0.05, 0.1) is 49.0 Å². The van der Waals surface area contributed by atoms with E-state index in [-0.39, 0.29) is 29.8 Å². The van der Waals surface area contributed by atoms with E-state index < -0.39 is 186 Å². The fourth-order valence-corrected chi connectivity index (χ4v) is 16.7. The minimum atomic E-state index is -5.18. The second-order valence-corrected chi connectivity index (χ2v) is 27.1. The van der Waals surface area contributed by atoms with Gasteiger partial charge in [-0.2, -0.15) is 8.42 Å². The van der Waals surface area contributed by atoms with Gasteiger partial charge in [0.1, 0.15) is 91.1 Å². The van der Waals surface area contributed by atoms with E-state index in [2.05, 4.69) is 33.8 Å². The topological polar surface area (TPSA) is 381 Å². The average molecular weight is 1200 g/mol. The zero-order chi connectivity index (χ0) is 60.2. The van der Waals surface area contributed by atoms with Gasteiger partial charge in [0.15, 0.2) is 25.2 Å². The molecule has 27 unspecified atom stereocenters. The summed E-state index contributed by atoms with van der Waals surface area (Å²) in [5.74, 6) is -1.29. The molecule has 82 heavy (non-hydrogen) atoms. The largest absolute Gasteiger partial charge is 0.462 e. The fourth-order valence-electron chi connectivity index (χ4n) is 16.2. The van der Waals surface area contributed by atoms with Crippen LogP contribution in [-0.4, -0.2) is 232 Å². The molecular weight excluding hydrogens is 1110 g/mol. The van der Waals surface area contributed by atoms with Crippen LogP contribution in [0.15, 0.2) is 23.8 Å². The third kappa shape index (κ3) is 11.3. The van der Waals surface area contributed by atoms with Gasteiger partial charge in [-0.3, -0.25) is 14.1 Å². The van der Waals surface area contributed by atoms with Crippen LogP contribution in [0, 0.1) is 39.4 Å². The van der Waals surface area contributed by atoms with Crippen molar-refractivity contribution < 1.29 is 125 Å². The first-order chi connectivity index (χ1) is 38.2. The summed E-state index contributed by atoms with van der Waals surface area (Å²) >= 11 is 0. The van der Waals surface area contributed by atoms with Crippen molar-refractivity contribution in [1.29, 1.82) is 0 Å². The second kappa shape index (κ2) is 23.3. The van der Waals surface area contributed by atoms with E-state index in [4.69, 9.17) is 56.3 Å². The summed E-state index contributed by atoms with van der Waals surface area (Å²) in [4.78, 5) is 27.4. The zero-order valence-electron chi connectivity index (χ0n) is 48.0. The maximum Gasteiger partial charge on any atom is 0.397 e. The normalized spacial score (nSPS) is 49.5. The van der Waals surface area contributed by atoms with E-state index in [9.17, 15) is 68.5 Å². The van der Waals surface area contributed by atoms with Crippen LogP contribution in [0.2, 0.25) is 0 Å². The smallest absolute Gasteiger partial charge is 0.397 e. The molecule has 5 saturated heterocycles. The number of hydrogen-bond donors (Lipinski definition) is 10. The number of allylic oxidation sites excluding steroid dienone is 2. The van der Waals surface area contributed by atoms with E-state index in [1.54, 1.807) is 19.9 Å². The van der Waals surface area contributed by atoms with Gasteiger partial charge in [-0.05, 0) is 88.9 Å². The number of cyclic esters (lactones) is 1. The van der Waals surface area contributed by atoms with Gasteiger partial charge < -0.3 is 98.1 Å². The van der Waals surface area contributed by atoms with Crippen LogP contribution in [0.4, 0.5) is 0 Å². The number of rotatable bonds is 16. The molecule has 27 atom stereocenters. The Morgan fingerprint density at radius 3 is 2.09 bits per heavy atom. The first-order valence-electron chi connectivity index (χ1n) is 28.4. The fraction of sp³-hybridized carbons (Fsp3) is 0.891. The van der Waals surface area contributed by atoms with Crippen molar-refractivity contribution in [3.05, 3.63) is 23.8 Å². The van der Waals surface area contributed by atoms with Gasteiger partial charge in [0, 0.05) is 25.9 Å². The highest BCUT2D eigenvalue weighted by molar-refractivity contribution is 7.80. The molecule has 0 aromatic rings. The SMILES string of the molecule is COC1C(O)COC(OC2C(O)C(CO)OC(OC3C(C)OC(OC4C(OC5CCC6(C)C7CCC89C(=O)OC(C)(CC=CC(C)(C)O)C8C(OC(C)=O)CC9(C)C7=CCC6C5(C)C)OCC(OS(=O)(=O)O)C4O)C(O)C3O)C2O)C1O. The molecule has 0 aromatic heterocycles. The van der Waals surface area contributed by atoms with Crippen LogP contribution >= 0.6 is 0 Å². The number of methoxy groups -OCH3 is 1. The summed E-state index contributed by atoms with van der Waals surface area (Å²) < 4.78 is 104. The monoisotopic (exact) mass is 1190 g/mol. The standard InChI is InChI=1S/C55H86O26S/c1-24-40(77-47-39(64)42(34(59)30(21-56)75-47)78-45-38(63)41(70-10)28(58)22-71-45)36(61)37(62)46(73-24)79-43-35(60)31(81-82(67,68)69)23-72-48(43)76-33-15-18-52(7)26-14-19-55-44(54(9,80-49(55)65)17-11-16-50(3,4)66)29(74-25(2)57)20-53(55,8)27(26)12-13-32(52)51(33,5)6/h11-12,16,24,26,28-48,56,58-64,66H,13-15,17-23H2,1-10H3,(H,67,68,69). The van der Waals surface area contributed by atoms with Gasteiger partial charge in [-0.15, -0.1) is 0 Å². The molecule has 5 aliphatic heterocycles. The Kier molecular flexibility index (Phi) is 18.2. The van der Waals surface area contributed by atoms with Gasteiger partial charge in [0.25, 0.3) is 0 Å². The van der Waals surface area contributed by atoms with Gasteiger partial charge in [0.2, 0.25) is 0 Å². The number of esters is 2. The summed E-state index contributed by atoms with van der Waals surface area (Å²) in [7, 11) is -3.94. The lowest BCUT2D eigenvalue weighted by Crippen LogP contribution is -2.66. The lowest BCUT2D eigenvalue weighted by molar-refractivity contribution is -0.386. The quantitative estimate of drug-likeness (QED) is 0.0533. The predicted molar refractivity (Wildman–Crippen MR) is 277 cm³/mol. The van der Waals surface area contributed by atoms with E-state index in [0.29, 0.717) is 44.9 Å². The van der Waals surface area contributed by atoms with Crippen LogP contribution in [0.25, 0.3) is 0 Å². The minimum absolute atomic E-state index is 0.00229. The van der Waals surface area contributed by atoms with Crippen LogP contribution in [-0.2, 0) is 76.3 Å². The first kappa shape index (κ1) is 64.1. The van der Waals surface area contributed by atoms with Crippen molar-refractivity contribution in [3.63, 3.8) is 0 Å². The maximum absolute atomic E-state index is 14.7. The summed E-state index contributed by atoms with van der Waals surface area (Å²) in [6.45, 7) is 14.7. The Morgan fingerprint density at radius 1 is 0.793 bits per heavy atom.